The quantitative estimate of drug-likeness (QED) is 0.280. The summed E-state index contributed by atoms with van der Waals surface area (Å²) in [6.07, 6.45) is 2.60. The molecule has 23 heavy (non-hydrogen) atoms. The highest BCUT2D eigenvalue weighted by molar-refractivity contribution is 14.0. The number of aromatic nitrogens is 1. The van der Waals surface area contributed by atoms with E-state index in [2.05, 4.69) is 20.6 Å². The number of thiophene rings is 1. The van der Waals surface area contributed by atoms with Crippen molar-refractivity contribution in [3.05, 3.63) is 29.5 Å². The Kier molecular flexibility index (Phi) is 9.88. The van der Waals surface area contributed by atoms with Gasteiger partial charge in [0, 0.05) is 26.8 Å². The molecule has 0 unspecified atom stereocenters. The van der Waals surface area contributed by atoms with Crippen LogP contribution in [0, 0.1) is 0 Å². The number of oxazole rings is 1. The van der Waals surface area contributed by atoms with Crippen molar-refractivity contribution in [2.45, 2.75) is 19.9 Å². The molecule has 6 nitrogen and oxygen atoms in total. The van der Waals surface area contributed by atoms with Crippen molar-refractivity contribution < 1.29 is 9.15 Å². The van der Waals surface area contributed by atoms with Gasteiger partial charge in [-0.3, -0.25) is 0 Å². The number of rotatable bonds is 8. The van der Waals surface area contributed by atoms with Gasteiger partial charge in [0.05, 0.1) is 11.4 Å². The molecule has 2 aromatic heterocycles. The number of guanidine groups is 1. The summed E-state index contributed by atoms with van der Waals surface area (Å²) in [5.74, 6) is 1.43. The number of hydrogen-bond acceptors (Lipinski definition) is 5. The fourth-order valence-electron chi connectivity index (χ4n) is 1.82. The Bertz CT molecular complexity index is 572. The predicted molar refractivity (Wildman–Crippen MR) is 105 cm³/mol. The molecule has 0 saturated carbocycles. The van der Waals surface area contributed by atoms with Gasteiger partial charge in [-0.25, -0.2) is 9.98 Å². The fourth-order valence-corrected chi connectivity index (χ4v) is 2.47. The minimum Gasteiger partial charge on any atom is -0.443 e. The fraction of sp³-hybridized carbons (Fsp3) is 0.467. The van der Waals surface area contributed by atoms with Crippen LogP contribution in [0.2, 0.25) is 0 Å². The van der Waals surface area contributed by atoms with E-state index in [4.69, 9.17) is 9.15 Å². The van der Waals surface area contributed by atoms with Gasteiger partial charge in [0.25, 0.3) is 0 Å². The molecule has 8 heteroatoms. The van der Waals surface area contributed by atoms with Crippen LogP contribution in [0.15, 0.2) is 33.2 Å². The monoisotopic (exact) mass is 450 g/mol. The molecule has 2 heterocycles. The second kappa shape index (κ2) is 11.4. The molecule has 0 radical (unpaired) electrons. The molecule has 0 bridgehead atoms. The number of aliphatic imine (C=N–C) groups is 1. The van der Waals surface area contributed by atoms with E-state index in [1.807, 2.05) is 24.4 Å². The lowest BCUT2D eigenvalue weighted by atomic mass is 10.4. The third-order valence-electron chi connectivity index (χ3n) is 2.84. The highest BCUT2D eigenvalue weighted by Gasteiger charge is 2.07. The van der Waals surface area contributed by atoms with Crippen LogP contribution in [-0.2, 0) is 11.3 Å². The molecule has 0 amide bonds. The van der Waals surface area contributed by atoms with Crippen LogP contribution < -0.4 is 10.6 Å². The number of nitrogens with zero attached hydrogens (tertiary/aromatic N) is 2. The normalized spacial score (nSPS) is 11.1. The summed E-state index contributed by atoms with van der Waals surface area (Å²) < 4.78 is 10.5. The molecule has 2 aromatic rings. The lowest BCUT2D eigenvalue weighted by molar-refractivity contribution is 0.195. The predicted octanol–water partition coefficient (Wildman–Crippen LogP) is 3.11. The van der Waals surface area contributed by atoms with Crippen LogP contribution in [0.25, 0.3) is 10.8 Å². The van der Waals surface area contributed by atoms with Crippen molar-refractivity contribution in [3.8, 4) is 10.8 Å². The van der Waals surface area contributed by atoms with Crippen molar-refractivity contribution >= 4 is 41.3 Å². The number of nitrogens with one attached hydrogen (secondary N) is 2. The molecule has 0 aromatic carbocycles. The molecular formula is C15H23IN4O2S. The topological polar surface area (TPSA) is 71.7 Å². The molecule has 2 rings (SSSR count). The van der Waals surface area contributed by atoms with Gasteiger partial charge >= 0.3 is 0 Å². The second-order valence-electron chi connectivity index (χ2n) is 4.59. The van der Waals surface area contributed by atoms with Crippen LogP contribution in [0.4, 0.5) is 0 Å². The maximum absolute atomic E-state index is 5.49. The Labute approximate surface area is 157 Å². The van der Waals surface area contributed by atoms with Crippen molar-refractivity contribution in [1.29, 1.82) is 0 Å². The lowest BCUT2D eigenvalue weighted by Crippen LogP contribution is -2.38. The van der Waals surface area contributed by atoms with Gasteiger partial charge in [0.2, 0.25) is 5.89 Å². The van der Waals surface area contributed by atoms with E-state index in [0.29, 0.717) is 12.4 Å². The standard InChI is InChI=1S/C15H22N4O2S.HI/c1-3-16-15(17-7-5-8-20-2)18-10-12-11-21-14(19-12)13-6-4-9-22-13;/h4,6,9,11H,3,5,7-8,10H2,1-2H3,(H2,16,17,18);1H. The van der Waals surface area contributed by atoms with Gasteiger partial charge in [-0.05, 0) is 24.8 Å². The Hall–Kier alpha value is -1.13. The largest absolute Gasteiger partial charge is 0.443 e. The number of methoxy groups -OCH3 is 1. The van der Waals surface area contributed by atoms with Gasteiger partial charge in [-0.1, -0.05) is 6.07 Å². The second-order valence-corrected chi connectivity index (χ2v) is 5.54. The van der Waals surface area contributed by atoms with E-state index in [9.17, 15) is 0 Å². The first-order chi connectivity index (χ1) is 10.8. The Morgan fingerprint density at radius 2 is 2.30 bits per heavy atom. The summed E-state index contributed by atoms with van der Waals surface area (Å²) in [5.41, 5.74) is 0.817. The smallest absolute Gasteiger partial charge is 0.236 e. The minimum absolute atomic E-state index is 0. The Morgan fingerprint density at radius 3 is 3.00 bits per heavy atom. The van der Waals surface area contributed by atoms with Crippen LogP contribution >= 0.6 is 35.3 Å². The molecule has 0 fully saturated rings. The summed E-state index contributed by atoms with van der Waals surface area (Å²) in [6, 6.07) is 3.97. The molecular weight excluding hydrogens is 427 g/mol. The average Bonchev–Trinajstić information content (AvgIpc) is 3.19. The van der Waals surface area contributed by atoms with Crippen LogP contribution in [0.5, 0.6) is 0 Å². The summed E-state index contributed by atoms with van der Waals surface area (Å²) in [7, 11) is 1.70. The van der Waals surface area contributed by atoms with Gasteiger partial charge < -0.3 is 19.8 Å². The van der Waals surface area contributed by atoms with Gasteiger partial charge in [-0.2, -0.15) is 0 Å². The number of hydrogen-bond donors (Lipinski definition) is 2. The molecule has 0 aliphatic heterocycles. The summed E-state index contributed by atoms with van der Waals surface area (Å²) >= 11 is 1.61. The van der Waals surface area contributed by atoms with Crippen molar-refractivity contribution in [2.24, 2.45) is 4.99 Å². The third-order valence-corrected chi connectivity index (χ3v) is 3.70. The van der Waals surface area contributed by atoms with Crippen molar-refractivity contribution in [1.82, 2.24) is 15.6 Å². The minimum atomic E-state index is 0. The van der Waals surface area contributed by atoms with Crippen LogP contribution in [-0.4, -0.2) is 37.7 Å². The van der Waals surface area contributed by atoms with Gasteiger partial charge in [-0.15, -0.1) is 35.3 Å². The zero-order valence-corrected chi connectivity index (χ0v) is 16.5. The molecule has 0 aliphatic rings. The Balaban J connectivity index is 0.00000264. The van der Waals surface area contributed by atoms with E-state index in [1.165, 1.54) is 0 Å². The third kappa shape index (κ3) is 6.88. The van der Waals surface area contributed by atoms with E-state index in [1.54, 1.807) is 24.7 Å². The molecule has 0 atom stereocenters. The first-order valence-corrected chi connectivity index (χ1v) is 8.21. The first kappa shape index (κ1) is 19.9. The van der Waals surface area contributed by atoms with Crippen LogP contribution in [0.3, 0.4) is 0 Å². The molecule has 0 spiro atoms. The summed E-state index contributed by atoms with van der Waals surface area (Å²) in [5, 5.41) is 8.47. The summed E-state index contributed by atoms with van der Waals surface area (Å²) in [4.78, 5) is 9.99. The van der Waals surface area contributed by atoms with E-state index < -0.39 is 0 Å². The van der Waals surface area contributed by atoms with Crippen LogP contribution in [0.1, 0.15) is 19.0 Å². The van der Waals surface area contributed by atoms with Crippen molar-refractivity contribution in [3.63, 3.8) is 0 Å². The van der Waals surface area contributed by atoms with E-state index >= 15 is 0 Å². The van der Waals surface area contributed by atoms with Gasteiger partial charge in [0.1, 0.15) is 12.0 Å². The Morgan fingerprint density at radius 1 is 1.43 bits per heavy atom. The maximum Gasteiger partial charge on any atom is 0.236 e. The molecule has 2 N–H and O–H groups in total. The molecule has 0 aliphatic carbocycles. The van der Waals surface area contributed by atoms with Crippen molar-refractivity contribution in [2.75, 3.05) is 26.8 Å². The van der Waals surface area contributed by atoms with E-state index in [0.717, 1.165) is 42.6 Å². The molecule has 0 saturated heterocycles. The summed E-state index contributed by atoms with van der Waals surface area (Å²) in [6.45, 7) is 4.89. The average molecular weight is 450 g/mol. The van der Waals surface area contributed by atoms with Gasteiger partial charge in [0.15, 0.2) is 5.96 Å². The highest BCUT2D eigenvalue weighted by atomic mass is 127. The maximum atomic E-state index is 5.49. The zero-order chi connectivity index (χ0) is 15.6. The highest BCUT2D eigenvalue weighted by Crippen LogP contribution is 2.23. The lowest BCUT2D eigenvalue weighted by Gasteiger charge is -2.10. The zero-order valence-electron chi connectivity index (χ0n) is 13.4. The van der Waals surface area contributed by atoms with E-state index in [-0.39, 0.29) is 24.0 Å². The molecule has 128 valence electrons. The number of halogens is 1. The number of ether oxygens (including phenoxy) is 1. The first-order valence-electron chi connectivity index (χ1n) is 7.33. The SMILES string of the molecule is CCNC(=NCc1coc(-c2cccs2)n1)NCCCOC.I.